The van der Waals surface area contributed by atoms with Crippen molar-refractivity contribution in [2.24, 2.45) is 0 Å². The maximum absolute atomic E-state index is 13.3. The monoisotopic (exact) mass is 709 g/mol. The van der Waals surface area contributed by atoms with Crippen molar-refractivity contribution in [2.45, 2.75) is 31.1 Å². The van der Waals surface area contributed by atoms with E-state index in [-0.39, 0.29) is 31.3 Å². The van der Waals surface area contributed by atoms with Crippen molar-refractivity contribution < 1.29 is 33.3 Å². The van der Waals surface area contributed by atoms with Crippen LogP contribution >= 0.6 is 0 Å². The average Bonchev–Trinajstić information content (AvgIpc) is 3.82. The zero-order valence-electron chi connectivity index (χ0n) is 29.5. The SMILES string of the molecule is Cc1cccc(Cc2cccc(N3CC(COc4ccc(C5(c6ccc(OCC7CN(C)C(=O)O7)cc6)NC(=O)c6ccccc65)cc4)OC3=O)c2)c1. The Bertz CT molecular complexity index is 2170. The van der Waals surface area contributed by atoms with Crippen molar-refractivity contribution in [3.05, 3.63) is 160 Å². The fraction of sp³-hybridized carbons (Fsp3) is 0.233. The molecule has 10 heteroatoms. The summed E-state index contributed by atoms with van der Waals surface area (Å²) >= 11 is 0. The maximum Gasteiger partial charge on any atom is 0.414 e. The van der Waals surface area contributed by atoms with Crippen LogP contribution < -0.4 is 19.7 Å². The van der Waals surface area contributed by atoms with Crippen LogP contribution in [0.2, 0.25) is 0 Å². The lowest BCUT2D eigenvalue weighted by molar-refractivity contribution is 0.0947. The molecule has 10 nitrogen and oxygen atoms in total. The summed E-state index contributed by atoms with van der Waals surface area (Å²) in [5, 5.41) is 3.27. The molecule has 5 aromatic carbocycles. The molecule has 0 saturated carbocycles. The third-order valence-corrected chi connectivity index (χ3v) is 9.97. The van der Waals surface area contributed by atoms with Crippen molar-refractivity contribution >= 4 is 23.8 Å². The Morgan fingerprint density at radius 2 is 1.30 bits per heavy atom. The molecule has 8 rings (SSSR count). The van der Waals surface area contributed by atoms with E-state index in [4.69, 9.17) is 18.9 Å². The number of hydrogen-bond acceptors (Lipinski definition) is 7. The highest BCUT2D eigenvalue weighted by Crippen LogP contribution is 2.43. The lowest BCUT2D eigenvalue weighted by Crippen LogP contribution is -2.41. The van der Waals surface area contributed by atoms with E-state index < -0.39 is 17.7 Å². The number of ether oxygens (including phenoxy) is 4. The van der Waals surface area contributed by atoms with Crippen molar-refractivity contribution in [3.63, 3.8) is 0 Å². The lowest BCUT2D eigenvalue weighted by atomic mass is 9.78. The number of rotatable bonds is 11. The molecule has 2 fully saturated rings. The van der Waals surface area contributed by atoms with Gasteiger partial charge in [-0.25, -0.2) is 9.59 Å². The largest absolute Gasteiger partial charge is 0.490 e. The van der Waals surface area contributed by atoms with Gasteiger partial charge in [0.15, 0.2) is 12.2 Å². The molecular formula is C43H39N3O7. The second-order valence-corrected chi connectivity index (χ2v) is 13.8. The first kappa shape index (κ1) is 33.8. The van der Waals surface area contributed by atoms with Gasteiger partial charge in [-0.05, 0) is 83.6 Å². The Balaban J connectivity index is 0.953. The standard InChI is InChI=1S/C43H39N3O7/c1-28-7-5-8-29(21-28)22-30-9-6-10-33(23-30)46-25-37(53-42(46)49)27-51-35-19-15-32(16-20-35)43(39-12-4-3-11-38(39)40(47)44-43)31-13-17-34(18-14-31)50-26-36-24-45(2)41(48)52-36/h3-21,23,36-37H,22,24-27H2,1-2H3,(H,44,47). The molecule has 3 heterocycles. The van der Waals surface area contributed by atoms with Crippen LogP contribution in [0.25, 0.3) is 0 Å². The third kappa shape index (κ3) is 6.75. The number of aryl methyl sites for hydroxylation is 1. The molecular weight excluding hydrogens is 670 g/mol. The molecule has 0 spiro atoms. The van der Waals surface area contributed by atoms with Gasteiger partial charge in [-0.3, -0.25) is 9.69 Å². The Morgan fingerprint density at radius 3 is 1.94 bits per heavy atom. The smallest absolute Gasteiger partial charge is 0.414 e. The predicted octanol–water partition coefficient (Wildman–Crippen LogP) is 6.85. The maximum atomic E-state index is 13.3. The third-order valence-electron chi connectivity index (χ3n) is 9.97. The van der Waals surface area contributed by atoms with Crippen LogP contribution in [0.3, 0.4) is 0 Å². The molecule has 0 bridgehead atoms. The van der Waals surface area contributed by atoms with Gasteiger partial charge in [0.1, 0.15) is 30.3 Å². The topological polar surface area (TPSA) is 107 Å². The van der Waals surface area contributed by atoms with E-state index in [0.29, 0.717) is 30.2 Å². The van der Waals surface area contributed by atoms with Gasteiger partial charge in [0.2, 0.25) is 0 Å². The summed E-state index contributed by atoms with van der Waals surface area (Å²) in [5.74, 6) is 1.07. The molecule has 3 atom stereocenters. The highest BCUT2D eigenvalue weighted by Gasteiger charge is 2.45. The average molecular weight is 710 g/mol. The van der Waals surface area contributed by atoms with Crippen molar-refractivity contribution in [3.8, 4) is 11.5 Å². The minimum Gasteiger partial charge on any atom is -0.490 e. The number of anilines is 1. The van der Waals surface area contributed by atoms with E-state index in [1.165, 1.54) is 16.0 Å². The van der Waals surface area contributed by atoms with Gasteiger partial charge in [0.05, 0.1) is 13.1 Å². The summed E-state index contributed by atoms with van der Waals surface area (Å²) in [6, 6.07) is 39.2. The Morgan fingerprint density at radius 1 is 0.698 bits per heavy atom. The van der Waals surface area contributed by atoms with Gasteiger partial charge >= 0.3 is 12.2 Å². The number of nitrogens with one attached hydrogen (secondary N) is 1. The van der Waals surface area contributed by atoms with Crippen LogP contribution in [-0.2, 0) is 21.4 Å². The quantitative estimate of drug-likeness (QED) is 0.160. The fourth-order valence-corrected chi connectivity index (χ4v) is 7.36. The molecule has 5 aromatic rings. The van der Waals surface area contributed by atoms with Gasteiger partial charge in [0, 0.05) is 18.3 Å². The van der Waals surface area contributed by atoms with E-state index in [1.54, 1.807) is 11.9 Å². The van der Waals surface area contributed by atoms with Gasteiger partial charge in [-0.15, -0.1) is 0 Å². The molecule has 53 heavy (non-hydrogen) atoms. The summed E-state index contributed by atoms with van der Waals surface area (Å²) in [4.78, 5) is 41.1. The Labute approximate surface area is 307 Å². The lowest BCUT2D eigenvalue weighted by Gasteiger charge is -2.32. The summed E-state index contributed by atoms with van der Waals surface area (Å²) in [6.45, 7) is 3.35. The summed E-state index contributed by atoms with van der Waals surface area (Å²) < 4.78 is 23.1. The number of fused-ring (bicyclic) bond motifs is 1. The van der Waals surface area contributed by atoms with E-state index in [0.717, 1.165) is 34.4 Å². The molecule has 2 saturated heterocycles. The number of carbonyl (C=O) groups excluding carboxylic acids is 3. The zero-order chi connectivity index (χ0) is 36.5. The van der Waals surface area contributed by atoms with Crippen LogP contribution in [0.1, 0.15) is 43.7 Å². The second-order valence-electron chi connectivity index (χ2n) is 13.8. The molecule has 0 radical (unpaired) electrons. The van der Waals surface area contributed by atoms with Gasteiger partial charge < -0.3 is 29.2 Å². The molecule has 268 valence electrons. The molecule has 3 aliphatic rings. The normalized spacial score (nSPS) is 20.5. The zero-order valence-corrected chi connectivity index (χ0v) is 29.5. The first-order valence-electron chi connectivity index (χ1n) is 17.7. The van der Waals surface area contributed by atoms with E-state index in [9.17, 15) is 14.4 Å². The molecule has 3 aliphatic heterocycles. The Hall–Kier alpha value is -6.29. The number of likely N-dealkylation sites (N-methyl/N-ethyl adjacent to an activating group) is 1. The summed E-state index contributed by atoms with van der Waals surface area (Å²) in [5.41, 5.74) is 6.54. The number of nitrogens with zero attached hydrogens (tertiary/aromatic N) is 2. The Kier molecular flexibility index (Phi) is 8.95. The van der Waals surface area contributed by atoms with Crippen molar-refractivity contribution in [1.29, 1.82) is 0 Å². The fourth-order valence-electron chi connectivity index (χ4n) is 7.36. The summed E-state index contributed by atoms with van der Waals surface area (Å²) in [7, 11) is 1.69. The first-order chi connectivity index (χ1) is 25.7. The van der Waals surface area contributed by atoms with Crippen LogP contribution in [0, 0.1) is 6.92 Å². The predicted molar refractivity (Wildman–Crippen MR) is 199 cm³/mol. The number of amides is 3. The molecule has 0 aliphatic carbocycles. The van der Waals surface area contributed by atoms with Gasteiger partial charge in [-0.2, -0.15) is 0 Å². The second kappa shape index (κ2) is 14.0. The van der Waals surface area contributed by atoms with Gasteiger partial charge in [-0.1, -0.05) is 84.4 Å². The highest BCUT2D eigenvalue weighted by molar-refractivity contribution is 6.01. The first-order valence-corrected chi connectivity index (χ1v) is 17.7. The summed E-state index contributed by atoms with van der Waals surface area (Å²) in [6.07, 6.45) is -0.771. The molecule has 1 N–H and O–H groups in total. The van der Waals surface area contributed by atoms with Crippen LogP contribution in [0.5, 0.6) is 11.5 Å². The minimum atomic E-state index is -0.955. The van der Waals surface area contributed by atoms with E-state index >= 15 is 0 Å². The molecule has 3 unspecified atom stereocenters. The van der Waals surface area contributed by atoms with Crippen LogP contribution in [0.15, 0.2) is 121 Å². The minimum absolute atomic E-state index is 0.165. The van der Waals surface area contributed by atoms with Crippen molar-refractivity contribution in [2.75, 3.05) is 38.3 Å². The highest BCUT2D eigenvalue weighted by atomic mass is 16.6. The number of benzene rings is 5. The van der Waals surface area contributed by atoms with E-state index in [2.05, 4.69) is 42.6 Å². The number of carbonyl (C=O) groups is 3. The van der Waals surface area contributed by atoms with Crippen LogP contribution in [0.4, 0.5) is 15.3 Å². The molecule has 3 amide bonds. The van der Waals surface area contributed by atoms with Crippen LogP contribution in [-0.4, -0.2) is 68.6 Å². The number of hydrogen-bond donors (Lipinski definition) is 1. The molecule has 0 aromatic heterocycles. The number of cyclic esters (lactones) is 2. The van der Waals surface area contributed by atoms with Crippen molar-refractivity contribution in [1.82, 2.24) is 10.2 Å². The van der Waals surface area contributed by atoms with E-state index in [1.807, 2.05) is 91.0 Å². The van der Waals surface area contributed by atoms with Gasteiger partial charge in [0.25, 0.3) is 5.91 Å².